The van der Waals surface area contributed by atoms with Crippen molar-refractivity contribution in [3.63, 3.8) is 0 Å². The van der Waals surface area contributed by atoms with Crippen LogP contribution in [0.15, 0.2) is 78.9 Å². The van der Waals surface area contributed by atoms with Crippen LogP contribution in [0.5, 0.6) is 0 Å². The molecule has 0 N–H and O–H groups in total. The summed E-state index contributed by atoms with van der Waals surface area (Å²) in [6, 6.07) is 27.0. The first kappa shape index (κ1) is 15.6. The van der Waals surface area contributed by atoms with Crippen molar-refractivity contribution in [2.24, 2.45) is 0 Å². The molecule has 1 unspecified atom stereocenters. The second-order valence-corrected chi connectivity index (χ2v) is 6.71. The van der Waals surface area contributed by atoms with Gasteiger partial charge in [-0.05, 0) is 47.7 Å². The summed E-state index contributed by atoms with van der Waals surface area (Å²) < 4.78 is 0. The van der Waals surface area contributed by atoms with Crippen molar-refractivity contribution in [3.8, 4) is 11.1 Å². The third-order valence-electron chi connectivity index (χ3n) is 4.94. The molecule has 0 aliphatic carbocycles. The van der Waals surface area contributed by atoms with Gasteiger partial charge in [0.15, 0.2) is 0 Å². The van der Waals surface area contributed by atoms with E-state index >= 15 is 0 Å². The van der Waals surface area contributed by atoms with Crippen LogP contribution in [0.25, 0.3) is 11.1 Å². The highest BCUT2D eigenvalue weighted by molar-refractivity contribution is 5.97. The molecular formula is C23H21NO. The third-order valence-corrected chi connectivity index (χ3v) is 4.94. The van der Waals surface area contributed by atoms with Crippen molar-refractivity contribution in [1.82, 2.24) is 4.90 Å². The van der Waals surface area contributed by atoms with E-state index in [1.54, 1.807) is 0 Å². The number of carbonyl (C=O) groups excluding carboxylic acids is 1. The van der Waals surface area contributed by atoms with Gasteiger partial charge in [0.05, 0.1) is 0 Å². The Morgan fingerprint density at radius 2 is 1.60 bits per heavy atom. The first-order valence-electron chi connectivity index (χ1n) is 8.75. The SMILES string of the molecule is CC1Cc2ccccc2C(=O)N1Cc1cccc(-c2ccccc2)c1. The Bertz CT molecular complexity index is 901. The predicted octanol–water partition coefficient (Wildman–Crippen LogP) is 4.94. The molecule has 1 heterocycles. The van der Waals surface area contributed by atoms with Crippen LogP contribution in [0.4, 0.5) is 0 Å². The molecule has 0 saturated carbocycles. The van der Waals surface area contributed by atoms with Crippen LogP contribution in [0.3, 0.4) is 0 Å². The maximum absolute atomic E-state index is 12.9. The second-order valence-electron chi connectivity index (χ2n) is 6.71. The fourth-order valence-electron chi connectivity index (χ4n) is 3.59. The minimum absolute atomic E-state index is 0.138. The largest absolute Gasteiger partial charge is 0.331 e. The van der Waals surface area contributed by atoms with Gasteiger partial charge in [-0.15, -0.1) is 0 Å². The number of amides is 1. The van der Waals surface area contributed by atoms with Crippen molar-refractivity contribution < 1.29 is 4.79 Å². The number of rotatable bonds is 3. The van der Waals surface area contributed by atoms with Crippen LogP contribution < -0.4 is 0 Å². The molecule has 0 saturated heterocycles. The molecule has 4 rings (SSSR count). The second kappa shape index (κ2) is 6.56. The van der Waals surface area contributed by atoms with Crippen LogP contribution in [0, 0.1) is 0 Å². The molecule has 3 aromatic rings. The van der Waals surface area contributed by atoms with Crippen LogP contribution in [-0.4, -0.2) is 16.8 Å². The number of benzene rings is 3. The summed E-state index contributed by atoms with van der Waals surface area (Å²) in [7, 11) is 0. The van der Waals surface area contributed by atoms with Crippen molar-refractivity contribution in [1.29, 1.82) is 0 Å². The molecule has 0 fully saturated rings. The molecule has 3 aromatic carbocycles. The van der Waals surface area contributed by atoms with E-state index in [4.69, 9.17) is 0 Å². The summed E-state index contributed by atoms with van der Waals surface area (Å²) in [5, 5.41) is 0. The molecule has 0 spiro atoms. The van der Waals surface area contributed by atoms with Crippen LogP contribution >= 0.6 is 0 Å². The lowest BCUT2D eigenvalue weighted by Crippen LogP contribution is -2.43. The highest BCUT2D eigenvalue weighted by Gasteiger charge is 2.29. The van der Waals surface area contributed by atoms with Crippen LogP contribution in [0.2, 0.25) is 0 Å². The Morgan fingerprint density at radius 3 is 2.44 bits per heavy atom. The quantitative estimate of drug-likeness (QED) is 0.667. The Kier molecular flexibility index (Phi) is 4.10. The third kappa shape index (κ3) is 3.08. The van der Waals surface area contributed by atoms with Gasteiger partial charge in [-0.2, -0.15) is 0 Å². The minimum atomic E-state index is 0.138. The van der Waals surface area contributed by atoms with Gasteiger partial charge < -0.3 is 4.90 Å². The summed E-state index contributed by atoms with van der Waals surface area (Å²) in [4.78, 5) is 14.9. The minimum Gasteiger partial charge on any atom is -0.331 e. The van der Waals surface area contributed by atoms with Crippen molar-refractivity contribution in [2.75, 3.05) is 0 Å². The van der Waals surface area contributed by atoms with E-state index in [1.807, 2.05) is 29.2 Å². The molecule has 25 heavy (non-hydrogen) atoms. The van der Waals surface area contributed by atoms with Gasteiger partial charge in [-0.25, -0.2) is 0 Å². The standard InChI is InChI=1S/C23H21NO/c1-17-14-21-11-5-6-13-22(21)23(25)24(17)16-18-8-7-12-20(15-18)19-9-3-2-4-10-19/h2-13,15,17H,14,16H2,1H3. The van der Waals surface area contributed by atoms with E-state index in [1.165, 1.54) is 16.7 Å². The molecule has 1 atom stereocenters. The van der Waals surface area contributed by atoms with Crippen molar-refractivity contribution in [2.45, 2.75) is 25.9 Å². The topological polar surface area (TPSA) is 20.3 Å². The summed E-state index contributed by atoms with van der Waals surface area (Å²) in [6.07, 6.45) is 0.917. The Morgan fingerprint density at radius 1 is 0.880 bits per heavy atom. The van der Waals surface area contributed by atoms with Crippen molar-refractivity contribution >= 4 is 5.91 Å². The van der Waals surface area contributed by atoms with Gasteiger partial charge in [-0.1, -0.05) is 66.7 Å². The summed E-state index contributed by atoms with van der Waals surface area (Å²) in [5.41, 5.74) is 5.57. The Balaban J connectivity index is 1.61. The smallest absolute Gasteiger partial charge is 0.254 e. The van der Waals surface area contributed by atoms with Gasteiger partial charge in [-0.3, -0.25) is 4.79 Å². The highest BCUT2D eigenvalue weighted by atomic mass is 16.2. The molecule has 1 aliphatic heterocycles. The monoisotopic (exact) mass is 327 g/mol. The fourth-order valence-corrected chi connectivity index (χ4v) is 3.59. The van der Waals surface area contributed by atoms with Gasteiger partial charge in [0, 0.05) is 18.2 Å². The maximum atomic E-state index is 12.9. The average molecular weight is 327 g/mol. The number of hydrogen-bond donors (Lipinski definition) is 0. The van der Waals surface area contributed by atoms with Gasteiger partial charge in [0.1, 0.15) is 0 Å². The summed E-state index contributed by atoms with van der Waals surface area (Å²) >= 11 is 0. The number of hydrogen-bond acceptors (Lipinski definition) is 1. The van der Waals surface area contributed by atoms with Crippen LogP contribution in [-0.2, 0) is 13.0 Å². The molecule has 1 aliphatic rings. The lowest BCUT2D eigenvalue weighted by Gasteiger charge is -2.34. The Labute approximate surface area is 148 Å². The Hall–Kier alpha value is -2.87. The van der Waals surface area contributed by atoms with E-state index < -0.39 is 0 Å². The average Bonchev–Trinajstić information content (AvgIpc) is 2.66. The molecule has 0 bridgehead atoms. The zero-order valence-electron chi connectivity index (χ0n) is 14.4. The number of nitrogens with zero attached hydrogens (tertiary/aromatic N) is 1. The molecule has 2 nitrogen and oxygen atoms in total. The lowest BCUT2D eigenvalue weighted by atomic mass is 9.93. The van der Waals surface area contributed by atoms with Gasteiger partial charge in [0.2, 0.25) is 0 Å². The fraction of sp³-hybridized carbons (Fsp3) is 0.174. The zero-order chi connectivity index (χ0) is 17.2. The normalized spacial score (nSPS) is 16.6. The van der Waals surface area contributed by atoms with E-state index in [-0.39, 0.29) is 11.9 Å². The van der Waals surface area contributed by atoms with Gasteiger partial charge >= 0.3 is 0 Å². The lowest BCUT2D eigenvalue weighted by molar-refractivity contribution is 0.0649. The molecule has 124 valence electrons. The first-order valence-corrected chi connectivity index (χ1v) is 8.75. The molecule has 1 amide bonds. The highest BCUT2D eigenvalue weighted by Crippen LogP contribution is 2.26. The van der Waals surface area contributed by atoms with E-state index in [0.29, 0.717) is 6.54 Å². The molecule has 2 heteroatoms. The molecule has 0 radical (unpaired) electrons. The number of carbonyl (C=O) groups is 1. The van der Waals surface area contributed by atoms with E-state index in [9.17, 15) is 4.79 Å². The van der Waals surface area contributed by atoms with E-state index in [0.717, 1.165) is 17.5 Å². The molecular weight excluding hydrogens is 306 g/mol. The van der Waals surface area contributed by atoms with Gasteiger partial charge in [0.25, 0.3) is 5.91 Å². The van der Waals surface area contributed by atoms with Crippen molar-refractivity contribution in [3.05, 3.63) is 95.6 Å². The zero-order valence-corrected chi connectivity index (χ0v) is 14.4. The summed E-state index contributed by atoms with van der Waals surface area (Å²) in [5.74, 6) is 0.138. The maximum Gasteiger partial charge on any atom is 0.254 e. The summed E-state index contributed by atoms with van der Waals surface area (Å²) in [6.45, 7) is 2.78. The first-order chi connectivity index (χ1) is 12.2. The molecule has 0 aromatic heterocycles. The number of fused-ring (bicyclic) bond motifs is 1. The predicted molar refractivity (Wildman–Crippen MR) is 101 cm³/mol. The van der Waals surface area contributed by atoms with Crippen LogP contribution in [0.1, 0.15) is 28.4 Å². The van der Waals surface area contributed by atoms with E-state index in [2.05, 4.69) is 61.5 Å².